The molecule has 1 amide bonds. The highest BCUT2D eigenvalue weighted by molar-refractivity contribution is 5.69. The summed E-state index contributed by atoms with van der Waals surface area (Å²) in [5, 5.41) is 9.46. The van der Waals surface area contributed by atoms with Crippen LogP contribution in [0.15, 0.2) is 0 Å². The van der Waals surface area contributed by atoms with E-state index in [9.17, 15) is 9.90 Å². The van der Waals surface area contributed by atoms with Gasteiger partial charge in [0.25, 0.3) is 0 Å². The van der Waals surface area contributed by atoms with Gasteiger partial charge in [0.05, 0.1) is 6.10 Å². The number of hydrogen-bond donors (Lipinski definition) is 1. The van der Waals surface area contributed by atoms with Gasteiger partial charge in [-0.1, -0.05) is 0 Å². The summed E-state index contributed by atoms with van der Waals surface area (Å²) in [6.45, 7) is 13.7. The molecular weight excluding hydrogens is 244 g/mol. The van der Waals surface area contributed by atoms with E-state index in [4.69, 9.17) is 4.74 Å². The molecule has 0 aliphatic carbocycles. The van der Waals surface area contributed by atoms with Gasteiger partial charge in [-0.3, -0.25) is 4.90 Å². The molecule has 0 aromatic heterocycles. The van der Waals surface area contributed by atoms with Crippen molar-refractivity contribution in [1.82, 2.24) is 9.80 Å². The van der Waals surface area contributed by atoms with Crippen LogP contribution >= 0.6 is 0 Å². The van der Waals surface area contributed by atoms with E-state index in [2.05, 4.69) is 4.90 Å². The number of β-amino-alcohol motifs (C(OH)–C–C–N with tert-alkyl or cyclic N) is 1. The van der Waals surface area contributed by atoms with Crippen molar-refractivity contribution >= 4 is 6.09 Å². The predicted molar refractivity (Wildman–Crippen MR) is 75.1 cm³/mol. The number of aliphatic hydroxyl groups is 1. The number of carbonyl (C=O) groups is 1. The van der Waals surface area contributed by atoms with Crippen LogP contribution in [-0.2, 0) is 4.74 Å². The molecule has 0 saturated carbocycles. The lowest BCUT2D eigenvalue weighted by atomic mass is 10.1. The van der Waals surface area contributed by atoms with Crippen molar-refractivity contribution in [2.24, 2.45) is 0 Å². The van der Waals surface area contributed by atoms with E-state index in [-0.39, 0.29) is 24.3 Å². The molecule has 5 heteroatoms. The molecule has 3 atom stereocenters. The fourth-order valence-corrected chi connectivity index (χ4v) is 2.63. The molecule has 1 fully saturated rings. The van der Waals surface area contributed by atoms with Gasteiger partial charge in [-0.25, -0.2) is 4.79 Å². The summed E-state index contributed by atoms with van der Waals surface area (Å²) in [5.74, 6) is 0. The normalized spacial score (nSPS) is 27.2. The number of aliphatic hydroxyl groups excluding tert-OH is 1. The zero-order valence-corrected chi connectivity index (χ0v) is 13.0. The standard InChI is InChI=1S/C14H28N2O3/c1-10-7-15(9-12(3)17)8-11(2)16(10)13(18)19-14(4,5)6/h10-12,17H,7-9H2,1-6H3/t10-,11-,12+/m1/s1. The van der Waals surface area contributed by atoms with Crippen molar-refractivity contribution in [3.63, 3.8) is 0 Å². The van der Waals surface area contributed by atoms with Crippen molar-refractivity contribution in [1.29, 1.82) is 0 Å². The maximum Gasteiger partial charge on any atom is 0.410 e. The third-order valence-corrected chi connectivity index (χ3v) is 3.12. The Morgan fingerprint density at radius 2 is 1.79 bits per heavy atom. The number of hydrogen-bond acceptors (Lipinski definition) is 4. The lowest BCUT2D eigenvalue weighted by Gasteiger charge is -2.44. The molecule has 112 valence electrons. The number of rotatable bonds is 2. The van der Waals surface area contributed by atoms with Crippen LogP contribution in [0.3, 0.4) is 0 Å². The summed E-state index contributed by atoms with van der Waals surface area (Å²) < 4.78 is 5.45. The maximum absolute atomic E-state index is 12.2. The lowest BCUT2D eigenvalue weighted by Crippen LogP contribution is -2.60. The molecule has 1 rings (SSSR count). The van der Waals surface area contributed by atoms with Crippen molar-refractivity contribution in [2.75, 3.05) is 19.6 Å². The molecule has 1 aliphatic heterocycles. The second-order valence-corrected chi connectivity index (χ2v) is 6.65. The van der Waals surface area contributed by atoms with E-state index >= 15 is 0 Å². The van der Waals surface area contributed by atoms with Crippen LogP contribution in [0.2, 0.25) is 0 Å². The quantitative estimate of drug-likeness (QED) is 0.831. The second-order valence-electron chi connectivity index (χ2n) is 6.65. The number of ether oxygens (including phenoxy) is 1. The van der Waals surface area contributed by atoms with Crippen LogP contribution in [0, 0.1) is 0 Å². The third-order valence-electron chi connectivity index (χ3n) is 3.12. The average Bonchev–Trinajstić information content (AvgIpc) is 2.10. The van der Waals surface area contributed by atoms with Gasteiger partial charge in [0.15, 0.2) is 0 Å². The SMILES string of the molecule is C[C@H](O)CN1C[C@@H](C)N(C(=O)OC(C)(C)C)[C@H](C)C1. The summed E-state index contributed by atoms with van der Waals surface area (Å²) >= 11 is 0. The Balaban J connectivity index is 2.65. The number of piperazine rings is 1. The van der Waals surface area contributed by atoms with E-state index in [1.165, 1.54) is 0 Å². The van der Waals surface area contributed by atoms with E-state index in [1.54, 1.807) is 6.92 Å². The van der Waals surface area contributed by atoms with Gasteiger partial charge in [-0.15, -0.1) is 0 Å². The smallest absolute Gasteiger partial charge is 0.410 e. The highest BCUT2D eigenvalue weighted by Gasteiger charge is 2.35. The molecule has 0 aromatic rings. The summed E-state index contributed by atoms with van der Waals surface area (Å²) in [6.07, 6.45) is -0.586. The molecule has 1 aliphatic rings. The zero-order valence-electron chi connectivity index (χ0n) is 13.0. The number of nitrogens with zero attached hydrogens (tertiary/aromatic N) is 2. The van der Waals surface area contributed by atoms with E-state index in [0.717, 1.165) is 13.1 Å². The molecule has 1 heterocycles. The average molecular weight is 272 g/mol. The van der Waals surface area contributed by atoms with Crippen molar-refractivity contribution in [2.45, 2.75) is 65.3 Å². The molecule has 1 saturated heterocycles. The zero-order chi connectivity index (χ0) is 14.8. The second kappa shape index (κ2) is 6.09. The molecule has 0 aromatic carbocycles. The number of amides is 1. The Kier molecular flexibility index (Phi) is 5.21. The highest BCUT2D eigenvalue weighted by atomic mass is 16.6. The Morgan fingerprint density at radius 3 is 2.16 bits per heavy atom. The van der Waals surface area contributed by atoms with Gasteiger partial charge in [0.2, 0.25) is 0 Å². The maximum atomic E-state index is 12.2. The highest BCUT2D eigenvalue weighted by Crippen LogP contribution is 2.19. The van der Waals surface area contributed by atoms with E-state index in [0.29, 0.717) is 6.54 Å². The minimum Gasteiger partial charge on any atom is -0.444 e. The monoisotopic (exact) mass is 272 g/mol. The Bertz CT molecular complexity index is 300. The Hall–Kier alpha value is -0.810. The van der Waals surface area contributed by atoms with E-state index < -0.39 is 5.60 Å². The molecule has 0 unspecified atom stereocenters. The van der Waals surface area contributed by atoms with Crippen molar-refractivity contribution in [3.8, 4) is 0 Å². The molecule has 0 radical (unpaired) electrons. The summed E-state index contributed by atoms with van der Waals surface area (Å²) in [6, 6.07) is 0.190. The largest absolute Gasteiger partial charge is 0.444 e. The van der Waals surface area contributed by atoms with Gasteiger partial charge >= 0.3 is 6.09 Å². The van der Waals surface area contributed by atoms with Crippen LogP contribution < -0.4 is 0 Å². The van der Waals surface area contributed by atoms with Crippen molar-refractivity contribution in [3.05, 3.63) is 0 Å². The predicted octanol–water partition coefficient (Wildman–Crippen LogP) is 1.70. The minimum atomic E-state index is -0.465. The third kappa shape index (κ3) is 4.99. The Labute approximate surface area is 116 Å². The first kappa shape index (κ1) is 16.2. The van der Waals surface area contributed by atoms with Crippen LogP contribution in [0.1, 0.15) is 41.5 Å². The van der Waals surface area contributed by atoms with Crippen LogP contribution in [0.25, 0.3) is 0 Å². The summed E-state index contributed by atoms with van der Waals surface area (Å²) in [4.78, 5) is 16.2. The molecule has 1 N–H and O–H groups in total. The summed E-state index contributed by atoms with van der Waals surface area (Å²) in [7, 11) is 0. The Morgan fingerprint density at radius 1 is 1.32 bits per heavy atom. The summed E-state index contributed by atoms with van der Waals surface area (Å²) in [5.41, 5.74) is -0.465. The van der Waals surface area contributed by atoms with Gasteiger partial charge in [-0.2, -0.15) is 0 Å². The van der Waals surface area contributed by atoms with Crippen molar-refractivity contribution < 1.29 is 14.6 Å². The van der Waals surface area contributed by atoms with E-state index in [1.807, 2.05) is 39.5 Å². The first-order valence-corrected chi connectivity index (χ1v) is 7.02. The van der Waals surface area contributed by atoms with Gasteiger partial charge < -0.3 is 14.7 Å². The molecule has 5 nitrogen and oxygen atoms in total. The molecule has 0 spiro atoms. The molecule has 0 bridgehead atoms. The first-order valence-electron chi connectivity index (χ1n) is 7.02. The molecular formula is C14H28N2O3. The fourth-order valence-electron chi connectivity index (χ4n) is 2.63. The van der Waals surface area contributed by atoms with Gasteiger partial charge in [0.1, 0.15) is 5.60 Å². The first-order chi connectivity index (χ1) is 8.60. The van der Waals surface area contributed by atoms with Crippen LogP contribution in [0.5, 0.6) is 0 Å². The van der Waals surface area contributed by atoms with Gasteiger partial charge in [-0.05, 0) is 41.5 Å². The number of carbonyl (C=O) groups excluding carboxylic acids is 1. The van der Waals surface area contributed by atoms with Gasteiger partial charge in [0, 0.05) is 31.7 Å². The topological polar surface area (TPSA) is 53.0 Å². The van der Waals surface area contributed by atoms with Crippen LogP contribution in [-0.4, -0.2) is 64.4 Å². The lowest BCUT2D eigenvalue weighted by molar-refractivity contribution is -0.0203. The minimum absolute atomic E-state index is 0.0948. The van der Waals surface area contributed by atoms with Crippen LogP contribution in [0.4, 0.5) is 4.79 Å². The molecule has 19 heavy (non-hydrogen) atoms. The fraction of sp³-hybridized carbons (Fsp3) is 0.929.